The quantitative estimate of drug-likeness (QED) is 0.436. The van der Waals surface area contributed by atoms with E-state index in [0.717, 1.165) is 5.69 Å². The summed E-state index contributed by atoms with van der Waals surface area (Å²) in [6, 6.07) is 14.8. The Labute approximate surface area is 166 Å². The highest BCUT2D eigenvalue weighted by Crippen LogP contribution is 2.38. The largest absolute Gasteiger partial charge is 0.466 e. The molecule has 0 aliphatic carbocycles. The number of rotatable bonds is 5. The number of anilines is 1. The van der Waals surface area contributed by atoms with Crippen molar-refractivity contribution >= 4 is 23.3 Å². The summed E-state index contributed by atoms with van der Waals surface area (Å²) in [5.74, 6) is -2.04. The SMILES string of the molecule is COC(=O)C1=CN(c2ccccc2)C=C(C(=O)OC)C1c1ccc([N+](=O)[O-])cc1. The van der Waals surface area contributed by atoms with Gasteiger partial charge >= 0.3 is 11.9 Å². The fourth-order valence-electron chi connectivity index (χ4n) is 3.13. The van der Waals surface area contributed by atoms with Gasteiger partial charge in [-0.1, -0.05) is 30.3 Å². The van der Waals surface area contributed by atoms with Crippen molar-refractivity contribution in [1.82, 2.24) is 0 Å². The molecule has 29 heavy (non-hydrogen) atoms. The summed E-state index contributed by atoms with van der Waals surface area (Å²) < 4.78 is 9.86. The molecule has 0 fully saturated rings. The van der Waals surface area contributed by atoms with Gasteiger partial charge in [-0.3, -0.25) is 10.1 Å². The van der Waals surface area contributed by atoms with Crippen molar-refractivity contribution in [3.8, 4) is 0 Å². The lowest BCUT2D eigenvalue weighted by atomic mass is 9.83. The molecular formula is C21H18N2O6. The van der Waals surface area contributed by atoms with Gasteiger partial charge in [-0.15, -0.1) is 0 Å². The van der Waals surface area contributed by atoms with Gasteiger partial charge < -0.3 is 14.4 Å². The Morgan fingerprint density at radius 1 is 0.897 bits per heavy atom. The van der Waals surface area contributed by atoms with Gasteiger partial charge in [0, 0.05) is 30.2 Å². The number of hydrogen-bond donors (Lipinski definition) is 0. The Morgan fingerprint density at radius 3 is 1.86 bits per heavy atom. The minimum Gasteiger partial charge on any atom is -0.466 e. The molecule has 0 atom stereocenters. The molecule has 1 heterocycles. The summed E-state index contributed by atoms with van der Waals surface area (Å²) in [6.07, 6.45) is 3.17. The lowest BCUT2D eigenvalue weighted by molar-refractivity contribution is -0.384. The number of benzene rings is 2. The number of non-ortho nitro benzene ring substituents is 1. The standard InChI is InChI=1S/C21H18N2O6/c1-28-20(24)17-12-22(15-6-4-3-5-7-15)13-18(21(25)29-2)19(17)14-8-10-16(11-9-14)23(26)27/h3-13,19H,1-2H3. The van der Waals surface area contributed by atoms with E-state index < -0.39 is 22.8 Å². The van der Waals surface area contributed by atoms with E-state index in [-0.39, 0.29) is 16.8 Å². The van der Waals surface area contributed by atoms with Crippen molar-refractivity contribution in [3.63, 3.8) is 0 Å². The van der Waals surface area contributed by atoms with Gasteiger partial charge in [0.2, 0.25) is 0 Å². The van der Waals surface area contributed by atoms with E-state index in [0.29, 0.717) is 5.56 Å². The van der Waals surface area contributed by atoms with Gasteiger partial charge in [-0.25, -0.2) is 9.59 Å². The van der Waals surface area contributed by atoms with Crippen molar-refractivity contribution in [1.29, 1.82) is 0 Å². The van der Waals surface area contributed by atoms with Crippen LogP contribution in [0.2, 0.25) is 0 Å². The molecule has 0 aromatic heterocycles. The third kappa shape index (κ3) is 4.01. The number of esters is 2. The van der Waals surface area contributed by atoms with Gasteiger partial charge in [-0.05, 0) is 17.7 Å². The monoisotopic (exact) mass is 394 g/mol. The molecule has 0 saturated carbocycles. The molecule has 2 aromatic carbocycles. The number of carbonyl (C=O) groups is 2. The van der Waals surface area contributed by atoms with E-state index in [9.17, 15) is 19.7 Å². The highest BCUT2D eigenvalue weighted by Gasteiger charge is 2.35. The maximum atomic E-state index is 12.6. The number of para-hydroxylation sites is 1. The molecule has 0 N–H and O–H groups in total. The molecular weight excluding hydrogens is 376 g/mol. The predicted molar refractivity (Wildman–Crippen MR) is 105 cm³/mol. The highest BCUT2D eigenvalue weighted by molar-refractivity contribution is 5.99. The summed E-state index contributed by atoms with van der Waals surface area (Å²) in [5, 5.41) is 11.0. The van der Waals surface area contributed by atoms with Crippen LogP contribution in [-0.4, -0.2) is 31.1 Å². The number of nitrogens with zero attached hydrogens (tertiary/aromatic N) is 2. The van der Waals surface area contributed by atoms with Crippen LogP contribution >= 0.6 is 0 Å². The zero-order valence-electron chi connectivity index (χ0n) is 15.8. The maximum absolute atomic E-state index is 12.6. The molecule has 8 heteroatoms. The van der Waals surface area contributed by atoms with Crippen LogP contribution < -0.4 is 4.90 Å². The van der Waals surface area contributed by atoms with Crippen molar-refractivity contribution in [2.75, 3.05) is 19.1 Å². The molecule has 8 nitrogen and oxygen atoms in total. The Hall–Kier alpha value is -3.94. The summed E-state index contributed by atoms with van der Waals surface area (Å²) in [4.78, 5) is 37.2. The van der Waals surface area contributed by atoms with Crippen molar-refractivity contribution < 1.29 is 24.0 Å². The molecule has 0 amide bonds. The van der Waals surface area contributed by atoms with Crippen LogP contribution in [0.15, 0.2) is 78.1 Å². The van der Waals surface area contributed by atoms with Crippen LogP contribution in [-0.2, 0) is 19.1 Å². The number of nitro groups is 1. The van der Waals surface area contributed by atoms with E-state index in [1.54, 1.807) is 17.3 Å². The van der Waals surface area contributed by atoms with Crippen LogP contribution in [0.1, 0.15) is 11.5 Å². The van der Waals surface area contributed by atoms with Crippen molar-refractivity contribution in [2.24, 2.45) is 0 Å². The first-order chi connectivity index (χ1) is 14.0. The first-order valence-electron chi connectivity index (χ1n) is 8.64. The lowest BCUT2D eigenvalue weighted by Gasteiger charge is -2.30. The second kappa shape index (κ2) is 8.39. The Balaban J connectivity index is 2.15. The average Bonchev–Trinajstić information content (AvgIpc) is 2.77. The first-order valence-corrected chi connectivity index (χ1v) is 8.64. The summed E-state index contributed by atoms with van der Waals surface area (Å²) in [5.41, 5.74) is 1.57. The molecule has 0 bridgehead atoms. The summed E-state index contributed by atoms with van der Waals surface area (Å²) in [6.45, 7) is 0. The fourth-order valence-corrected chi connectivity index (χ4v) is 3.13. The van der Waals surface area contributed by atoms with Gasteiger partial charge in [0.1, 0.15) is 0 Å². The predicted octanol–water partition coefficient (Wildman–Crippen LogP) is 3.31. The summed E-state index contributed by atoms with van der Waals surface area (Å²) in [7, 11) is 2.50. The Morgan fingerprint density at radius 2 is 1.41 bits per heavy atom. The molecule has 0 radical (unpaired) electrons. The number of hydrogen-bond acceptors (Lipinski definition) is 7. The minimum atomic E-state index is -0.796. The maximum Gasteiger partial charge on any atom is 0.336 e. The van der Waals surface area contributed by atoms with Crippen LogP contribution in [0.4, 0.5) is 11.4 Å². The third-order valence-corrected chi connectivity index (χ3v) is 4.51. The third-order valence-electron chi connectivity index (χ3n) is 4.51. The van der Waals surface area contributed by atoms with Crippen molar-refractivity contribution in [2.45, 2.75) is 5.92 Å². The van der Waals surface area contributed by atoms with Gasteiger partial charge in [0.25, 0.3) is 5.69 Å². The van der Waals surface area contributed by atoms with Gasteiger partial charge in [-0.2, -0.15) is 0 Å². The topological polar surface area (TPSA) is 99.0 Å². The molecule has 1 aliphatic heterocycles. The molecule has 1 aliphatic rings. The molecule has 0 spiro atoms. The molecule has 148 valence electrons. The van der Waals surface area contributed by atoms with Crippen LogP contribution in [0.25, 0.3) is 0 Å². The average molecular weight is 394 g/mol. The number of ether oxygens (including phenoxy) is 2. The van der Waals surface area contributed by atoms with E-state index in [1.165, 1.54) is 38.5 Å². The summed E-state index contributed by atoms with van der Waals surface area (Å²) >= 11 is 0. The molecule has 2 aromatic rings. The Bertz CT molecular complexity index is 962. The first kappa shape index (κ1) is 19.8. The van der Waals surface area contributed by atoms with E-state index in [2.05, 4.69) is 0 Å². The number of carbonyl (C=O) groups excluding carboxylic acids is 2. The smallest absolute Gasteiger partial charge is 0.336 e. The minimum absolute atomic E-state index is 0.0948. The van der Waals surface area contributed by atoms with E-state index in [1.807, 2.05) is 30.3 Å². The number of nitro benzene ring substituents is 1. The molecule has 3 rings (SSSR count). The van der Waals surface area contributed by atoms with Crippen LogP contribution in [0, 0.1) is 10.1 Å². The normalized spacial score (nSPS) is 13.9. The van der Waals surface area contributed by atoms with Crippen LogP contribution in [0.5, 0.6) is 0 Å². The van der Waals surface area contributed by atoms with Crippen molar-refractivity contribution in [3.05, 3.63) is 93.8 Å². The second-order valence-corrected chi connectivity index (χ2v) is 6.18. The number of methoxy groups -OCH3 is 2. The second-order valence-electron chi connectivity index (χ2n) is 6.18. The van der Waals surface area contributed by atoms with Gasteiger partial charge in [0.15, 0.2) is 0 Å². The molecule has 0 saturated heterocycles. The zero-order valence-corrected chi connectivity index (χ0v) is 15.8. The van der Waals surface area contributed by atoms with Gasteiger partial charge in [0.05, 0.1) is 36.2 Å². The van der Waals surface area contributed by atoms with Crippen LogP contribution in [0.3, 0.4) is 0 Å². The van der Waals surface area contributed by atoms with E-state index >= 15 is 0 Å². The van der Waals surface area contributed by atoms with E-state index in [4.69, 9.17) is 9.47 Å². The lowest BCUT2D eigenvalue weighted by Crippen LogP contribution is -2.28. The Kier molecular flexibility index (Phi) is 5.73. The molecule has 0 unspecified atom stereocenters. The zero-order chi connectivity index (χ0) is 21.0. The highest BCUT2D eigenvalue weighted by atomic mass is 16.6. The fraction of sp³-hybridized carbons (Fsp3) is 0.143.